The molecule has 0 rings (SSSR count). The summed E-state index contributed by atoms with van der Waals surface area (Å²) in [7, 11) is 0. The molecule has 0 radical (unpaired) electrons. The quantitative estimate of drug-likeness (QED) is 0.345. The van der Waals surface area contributed by atoms with Gasteiger partial charge in [-0.25, -0.2) is 0 Å². The van der Waals surface area contributed by atoms with Gasteiger partial charge in [0.2, 0.25) is 0 Å². The summed E-state index contributed by atoms with van der Waals surface area (Å²) in [5.74, 6) is -0.185. The lowest BCUT2D eigenvalue weighted by Gasteiger charge is -1.97. The first kappa shape index (κ1) is 12.2. The molecule has 0 amide bonds. The first-order valence-electron chi connectivity index (χ1n) is 5.05. The van der Waals surface area contributed by atoms with E-state index >= 15 is 0 Å². The monoisotopic (exact) mass is 184 g/mol. The van der Waals surface area contributed by atoms with Gasteiger partial charge in [0.25, 0.3) is 0 Å². The van der Waals surface area contributed by atoms with Crippen LogP contribution in [0.25, 0.3) is 0 Å². The molecule has 0 heterocycles. The van der Waals surface area contributed by atoms with E-state index < -0.39 is 0 Å². The highest BCUT2D eigenvalue weighted by Crippen LogP contribution is 1.98. The van der Waals surface area contributed by atoms with Gasteiger partial charge in [-0.15, -0.1) is 0 Å². The fourth-order valence-electron chi connectivity index (χ4n) is 0.975. The molecule has 2 nitrogen and oxygen atoms in total. The minimum absolute atomic E-state index is 0.185. The Morgan fingerprint density at radius 3 is 2.38 bits per heavy atom. The molecular formula is C11H20O2. The van der Waals surface area contributed by atoms with Crippen LogP contribution in [0.15, 0.2) is 12.2 Å². The second-order valence-electron chi connectivity index (χ2n) is 3.10. The third-order valence-electron chi connectivity index (χ3n) is 1.71. The van der Waals surface area contributed by atoms with Crippen LogP contribution in [0, 0.1) is 0 Å². The summed E-state index contributed by atoms with van der Waals surface area (Å²) < 4.78 is 4.80. The van der Waals surface area contributed by atoms with Crippen LogP contribution in [0.2, 0.25) is 0 Å². The average molecular weight is 184 g/mol. The lowest BCUT2D eigenvalue weighted by molar-refractivity contribution is -0.141. The van der Waals surface area contributed by atoms with Gasteiger partial charge < -0.3 is 4.74 Å². The van der Waals surface area contributed by atoms with Crippen molar-refractivity contribution in [3.05, 3.63) is 12.2 Å². The summed E-state index contributed by atoms with van der Waals surface area (Å²) in [4.78, 5) is 10.4. The van der Waals surface area contributed by atoms with Crippen molar-refractivity contribution in [2.24, 2.45) is 0 Å². The molecule has 0 saturated heterocycles. The maximum absolute atomic E-state index is 10.4. The molecule has 0 aliphatic rings. The standard InChI is InChI=1S/C11H20O2/c1-3-4-5-6-7-8-9-10-13-11(2)12/h6-7H,3-5,8-10H2,1-2H3/b7-6+. The van der Waals surface area contributed by atoms with E-state index in [1.54, 1.807) is 0 Å². The Balaban J connectivity index is 3.06. The Bertz CT molecular complexity index is 150. The Labute approximate surface area is 81.0 Å². The second kappa shape index (κ2) is 9.30. The topological polar surface area (TPSA) is 26.3 Å². The van der Waals surface area contributed by atoms with Crippen molar-refractivity contribution in [2.75, 3.05) is 6.61 Å². The van der Waals surface area contributed by atoms with Crippen molar-refractivity contribution in [3.8, 4) is 0 Å². The van der Waals surface area contributed by atoms with Crippen molar-refractivity contribution in [3.63, 3.8) is 0 Å². The molecule has 0 fully saturated rings. The molecule has 0 atom stereocenters. The van der Waals surface area contributed by atoms with Crippen LogP contribution in [0.5, 0.6) is 0 Å². The molecule has 0 aromatic carbocycles. The highest BCUT2D eigenvalue weighted by molar-refractivity contribution is 5.65. The predicted molar refractivity (Wildman–Crippen MR) is 54.5 cm³/mol. The summed E-state index contributed by atoms with van der Waals surface area (Å²) in [5, 5.41) is 0. The molecule has 0 bridgehead atoms. The second-order valence-corrected chi connectivity index (χ2v) is 3.10. The number of carbonyl (C=O) groups is 1. The van der Waals surface area contributed by atoms with E-state index in [4.69, 9.17) is 4.74 Å². The number of rotatable bonds is 7. The fraction of sp³-hybridized carbons (Fsp3) is 0.727. The van der Waals surface area contributed by atoms with Gasteiger partial charge >= 0.3 is 5.97 Å². The van der Waals surface area contributed by atoms with Gasteiger partial charge in [0.15, 0.2) is 0 Å². The Kier molecular flexibility index (Phi) is 8.73. The summed E-state index contributed by atoms with van der Waals surface area (Å²) in [5.41, 5.74) is 0. The number of unbranched alkanes of at least 4 members (excludes halogenated alkanes) is 3. The zero-order valence-electron chi connectivity index (χ0n) is 8.71. The van der Waals surface area contributed by atoms with Crippen LogP contribution in [0.4, 0.5) is 0 Å². The van der Waals surface area contributed by atoms with Gasteiger partial charge in [0.1, 0.15) is 0 Å². The number of esters is 1. The van der Waals surface area contributed by atoms with Gasteiger partial charge in [0, 0.05) is 6.92 Å². The lowest BCUT2D eigenvalue weighted by Crippen LogP contribution is -1.99. The molecule has 76 valence electrons. The Morgan fingerprint density at radius 1 is 1.23 bits per heavy atom. The van der Waals surface area contributed by atoms with E-state index in [0.717, 1.165) is 12.8 Å². The van der Waals surface area contributed by atoms with E-state index in [0.29, 0.717) is 6.61 Å². The average Bonchev–Trinajstić information content (AvgIpc) is 2.09. The number of carbonyl (C=O) groups excluding carboxylic acids is 1. The normalized spacial score (nSPS) is 10.6. The Morgan fingerprint density at radius 2 is 1.85 bits per heavy atom. The molecular weight excluding hydrogens is 164 g/mol. The van der Waals surface area contributed by atoms with Crippen LogP contribution in [-0.2, 0) is 9.53 Å². The number of allylic oxidation sites excluding steroid dienone is 2. The van der Waals surface area contributed by atoms with E-state index in [1.807, 2.05) is 0 Å². The van der Waals surface area contributed by atoms with Gasteiger partial charge in [-0.1, -0.05) is 31.9 Å². The summed E-state index contributed by atoms with van der Waals surface area (Å²) in [6, 6.07) is 0. The highest BCUT2D eigenvalue weighted by atomic mass is 16.5. The molecule has 0 N–H and O–H groups in total. The smallest absolute Gasteiger partial charge is 0.302 e. The first-order chi connectivity index (χ1) is 6.27. The molecule has 0 spiro atoms. The summed E-state index contributed by atoms with van der Waals surface area (Å²) >= 11 is 0. The molecule has 0 aliphatic carbocycles. The SMILES string of the molecule is CCCC/C=C/CCCOC(C)=O. The highest BCUT2D eigenvalue weighted by Gasteiger charge is 1.89. The van der Waals surface area contributed by atoms with Gasteiger partial charge in [-0.3, -0.25) is 4.79 Å². The van der Waals surface area contributed by atoms with Crippen LogP contribution < -0.4 is 0 Å². The van der Waals surface area contributed by atoms with Gasteiger partial charge in [-0.05, 0) is 19.3 Å². The van der Waals surface area contributed by atoms with Crippen LogP contribution in [-0.4, -0.2) is 12.6 Å². The molecule has 0 aliphatic heterocycles. The summed E-state index contributed by atoms with van der Waals surface area (Å²) in [6.45, 7) is 4.18. The van der Waals surface area contributed by atoms with E-state index in [2.05, 4.69) is 19.1 Å². The van der Waals surface area contributed by atoms with Crippen molar-refractivity contribution in [2.45, 2.75) is 46.0 Å². The zero-order chi connectivity index (χ0) is 9.94. The first-order valence-corrected chi connectivity index (χ1v) is 5.05. The minimum Gasteiger partial charge on any atom is -0.466 e. The summed E-state index contributed by atoms with van der Waals surface area (Å²) in [6.07, 6.45) is 10.00. The number of hydrogen-bond acceptors (Lipinski definition) is 2. The minimum atomic E-state index is -0.185. The molecule has 0 aromatic heterocycles. The fourth-order valence-corrected chi connectivity index (χ4v) is 0.975. The molecule has 0 unspecified atom stereocenters. The predicted octanol–water partition coefficient (Wildman–Crippen LogP) is 3.08. The van der Waals surface area contributed by atoms with E-state index in [-0.39, 0.29) is 5.97 Å². The number of ether oxygens (including phenoxy) is 1. The van der Waals surface area contributed by atoms with Crippen molar-refractivity contribution in [1.82, 2.24) is 0 Å². The van der Waals surface area contributed by atoms with Crippen molar-refractivity contribution >= 4 is 5.97 Å². The Hall–Kier alpha value is -0.790. The van der Waals surface area contributed by atoms with E-state index in [9.17, 15) is 4.79 Å². The molecule has 2 heteroatoms. The largest absolute Gasteiger partial charge is 0.466 e. The maximum atomic E-state index is 10.4. The van der Waals surface area contributed by atoms with Crippen LogP contribution in [0.3, 0.4) is 0 Å². The number of hydrogen-bond donors (Lipinski definition) is 0. The third kappa shape index (κ3) is 11.2. The molecule has 13 heavy (non-hydrogen) atoms. The lowest BCUT2D eigenvalue weighted by atomic mass is 10.2. The van der Waals surface area contributed by atoms with Gasteiger partial charge in [-0.2, -0.15) is 0 Å². The zero-order valence-corrected chi connectivity index (χ0v) is 8.71. The van der Waals surface area contributed by atoms with Crippen LogP contribution in [0.1, 0.15) is 46.0 Å². The molecule has 0 saturated carbocycles. The van der Waals surface area contributed by atoms with Crippen molar-refractivity contribution in [1.29, 1.82) is 0 Å². The maximum Gasteiger partial charge on any atom is 0.302 e. The molecule has 0 aromatic rings. The van der Waals surface area contributed by atoms with Gasteiger partial charge in [0.05, 0.1) is 6.61 Å². The van der Waals surface area contributed by atoms with E-state index in [1.165, 1.54) is 26.2 Å². The van der Waals surface area contributed by atoms with Crippen LogP contribution >= 0.6 is 0 Å². The van der Waals surface area contributed by atoms with Crippen molar-refractivity contribution < 1.29 is 9.53 Å². The third-order valence-corrected chi connectivity index (χ3v) is 1.71.